The Morgan fingerprint density at radius 1 is 0.976 bits per heavy atom. The van der Waals surface area contributed by atoms with Crippen LogP contribution in [0.5, 0.6) is 0 Å². The van der Waals surface area contributed by atoms with Crippen LogP contribution in [-0.2, 0) is 28.8 Å². The first-order valence-electron chi connectivity index (χ1n) is 14.6. The van der Waals surface area contributed by atoms with E-state index < -0.39 is 0 Å². The van der Waals surface area contributed by atoms with Crippen molar-refractivity contribution in [1.82, 2.24) is 20.4 Å². The van der Waals surface area contributed by atoms with Crippen LogP contribution in [0.3, 0.4) is 0 Å². The van der Waals surface area contributed by atoms with E-state index in [9.17, 15) is 28.8 Å². The third-order valence-corrected chi connectivity index (χ3v) is 9.91. The molecule has 2 rings (SSSR count). The van der Waals surface area contributed by atoms with Gasteiger partial charge in [0.05, 0.1) is 10.5 Å². The molecule has 0 bridgehead atoms. The van der Waals surface area contributed by atoms with Crippen molar-refractivity contribution in [3.05, 3.63) is 0 Å². The van der Waals surface area contributed by atoms with Crippen LogP contribution in [0.4, 0.5) is 0 Å². The first-order valence-corrected chi connectivity index (χ1v) is 16.7. The molecule has 6 amide bonds. The SMILES string of the molecule is C#CN1C(=O)CC(SCCCCCC(=O)N(C)C(C)CCCCNC(=O)CCCCCSC2CC(=O)NC2=O)C1=O. The van der Waals surface area contributed by atoms with Gasteiger partial charge in [0.2, 0.25) is 29.5 Å². The van der Waals surface area contributed by atoms with Gasteiger partial charge < -0.3 is 10.2 Å². The Bertz CT molecular complexity index is 985. The zero-order valence-electron chi connectivity index (χ0n) is 24.3. The van der Waals surface area contributed by atoms with Crippen LogP contribution in [0.1, 0.15) is 90.4 Å². The van der Waals surface area contributed by atoms with Crippen LogP contribution in [0.2, 0.25) is 0 Å². The number of carbonyl (C=O) groups excluding carboxylic acids is 6. The number of imide groups is 2. The molecule has 228 valence electrons. The lowest BCUT2D eigenvalue weighted by molar-refractivity contribution is -0.134. The molecule has 2 heterocycles. The second-order valence-corrected chi connectivity index (χ2v) is 13.2. The highest BCUT2D eigenvalue weighted by Crippen LogP contribution is 2.26. The fourth-order valence-corrected chi connectivity index (χ4v) is 6.90. The molecule has 41 heavy (non-hydrogen) atoms. The summed E-state index contributed by atoms with van der Waals surface area (Å²) in [4.78, 5) is 73.6. The maximum absolute atomic E-state index is 12.5. The summed E-state index contributed by atoms with van der Waals surface area (Å²) < 4.78 is 0. The van der Waals surface area contributed by atoms with Gasteiger partial charge in [0.25, 0.3) is 5.91 Å². The topological polar surface area (TPSA) is 133 Å². The number of thioether (sulfide) groups is 2. The summed E-state index contributed by atoms with van der Waals surface area (Å²) in [5, 5.41) is 4.63. The minimum Gasteiger partial charge on any atom is -0.356 e. The molecule has 2 saturated heterocycles. The summed E-state index contributed by atoms with van der Waals surface area (Å²) in [6.45, 7) is 2.67. The second kappa shape index (κ2) is 18.8. The molecule has 12 heteroatoms. The van der Waals surface area contributed by atoms with Crippen LogP contribution in [-0.4, -0.2) is 86.9 Å². The number of hydrogen-bond acceptors (Lipinski definition) is 8. The molecule has 0 spiro atoms. The van der Waals surface area contributed by atoms with E-state index in [1.807, 2.05) is 14.0 Å². The zero-order chi connectivity index (χ0) is 30.2. The number of unbranched alkanes of at least 4 members (excludes halogenated alkanes) is 5. The molecule has 0 aromatic rings. The molecule has 2 aliphatic heterocycles. The van der Waals surface area contributed by atoms with Crippen molar-refractivity contribution in [1.29, 1.82) is 0 Å². The summed E-state index contributed by atoms with van der Waals surface area (Å²) in [5.74, 6) is 0.735. The Morgan fingerprint density at radius 3 is 2.24 bits per heavy atom. The van der Waals surface area contributed by atoms with Crippen molar-refractivity contribution in [2.24, 2.45) is 0 Å². The fourth-order valence-electron chi connectivity index (χ4n) is 4.60. The van der Waals surface area contributed by atoms with E-state index in [1.54, 1.807) is 4.90 Å². The van der Waals surface area contributed by atoms with Crippen LogP contribution in [0, 0.1) is 12.5 Å². The molecule has 3 unspecified atom stereocenters. The summed E-state index contributed by atoms with van der Waals surface area (Å²) in [6.07, 6.45) is 14.4. The molecule has 0 aromatic carbocycles. The molecule has 10 nitrogen and oxygen atoms in total. The number of carbonyl (C=O) groups is 6. The number of terminal acetylenes is 1. The van der Waals surface area contributed by atoms with E-state index in [0.29, 0.717) is 19.4 Å². The molecule has 2 fully saturated rings. The standard InChI is InChI=1S/C29H44N4O6S2/c1-4-33-27(37)20-23(29(33)39)41-18-12-6-8-15-26(36)32(3)21(2)13-9-10-16-30-24(34)14-7-5-11-17-40-22-19-25(35)31-28(22)38/h1,21-23H,5-20H2,2-3H3,(H,30,34)(H,31,35,38). The van der Waals surface area contributed by atoms with Gasteiger partial charge in [-0.1, -0.05) is 19.3 Å². The number of amides is 6. The van der Waals surface area contributed by atoms with E-state index in [0.717, 1.165) is 74.2 Å². The maximum atomic E-state index is 12.5. The lowest BCUT2D eigenvalue weighted by Crippen LogP contribution is -2.35. The summed E-state index contributed by atoms with van der Waals surface area (Å²) >= 11 is 2.97. The van der Waals surface area contributed by atoms with Gasteiger partial charge in [-0.3, -0.25) is 34.1 Å². The van der Waals surface area contributed by atoms with E-state index in [1.165, 1.54) is 23.5 Å². The van der Waals surface area contributed by atoms with Crippen LogP contribution in [0.25, 0.3) is 0 Å². The first kappa shape index (κ1) is 34.7. The fraction of sp³-hybridized carbons (Fsp3) is 0.724. The lowest BCUT2D eigenvalue weighted by Gasteiger charge is -2.25. The third kappa shape index (κ3) is 12.5. The van der Waals surface area contributed by atoms with Crippen LogP contribution in [0.15, 0.2) is 0 Å². The van der Waals surface area contributed by atoms with Crippen LogP contribution >= 0.6 is 23.5 Å². The first-order chi connectivity index (χ1) is 19.6. The average Bonchev–Trinajstić information content (AvgIpc) is 3.41. The molecule has 3 atom stereocenters. The number of nitrogens with zero attached hydrogens (tertiary/aromatic N) is 2. The minimum absolute atomic E-state index is 0.0510. The van der Waals surface area contributed by atoms with Crippen molar-refractivity contribution in [3.8, 4) is 12.5 Å². The van der Waals surface area contributed by atoms with Gasteiger partial charge in [0.15, 0.2) is 0 Å². The van der Waals surface area contributed by atoms with Crippen molar-refractivity contribution in [2.75, 3.05) is 25.1 Å². The highest BCUT2D eigenvalue weighted by molar-refractivity contribution is 8.00. The molecule has 0 radical (unpaired) electrons. The van der Waals surface area contributed by atoms with Gasteiger partial charge in [-0.2, -0.15) is 0 Å². The summed E-state index contributed by atoms with van der Waals surface area (Å²) in [7, 11) is 1.84. The Hall–Kier alpha value is -2.52. The number of nitrogens with one attached hydrogen (secondary N) is 2. The second-order valence-electron chi connectivity index (χ2n) is 10.6. The molecular weight excluding hydrogens is 564 g/mol. The predicted octanol–water partition coefficient (Wildman–Crippen LogP) is 2.84. The lowest BCUT2D eigenvalue weighted by atomic mass is 10.1. The van der Waals surface area contributed by atoms with Crippen molar-refractivity contribution < 1.29 is 28.8 Å². The van der Waals surface area contributed by atoms with E-state index in [2.05, 4.69) is 16.7 Å². The smallest absolute Gasteiger partial charge is 0.254 e. The zero-order valence-corrected chi connectivity index (χ0v) is 25.9. The quantitative estimate of drug-likeness (QED) is 0.123. The maximum Gasteiger partial charge on any atom is 0.254 e. The van der Waals surface area contributed by atoms with Gasteiger partial charge in [0.1, 0.15) is 0 Å². The van der Waals surface area contributed by atoms with Gasteiger partial charge in [-0.05, 0) is 63.4 Å². The van der Waals surface area contributed by atoms with Gasteiger partial charge in [-0.15, -0.1) is 23.5 Å². The Labute approximate surface area is 252 Å². The minimum atomic E-state index is -0.385. The summed E-state index contributed by atoms with van der Waals surface area (Å²) in [5.41, 5.74) is 0. The van der Waals surface area contributed by atoms with Crippen molar-refractivity contribution in [3.63, 3.8) is 0 Å². The highest BCUT2D eigenvalue weighted by Gasteiger charge is 2.38. The van der Waals surface area contributed by atoms with Crippen LogP contribution < -0.4 is 10.6 Å². The molecular formula is C29H44N4O6S2. The van der Waals surface area contributed by atoms with Gasteiger partial charge in [0, 0.05) is 51.4 Å². The normalized spacial score (nSPS) is 19.3. The number of hydrogen-bond donors (Lipinski definition) is 2. The molecule has 2 N–H and O–H groups in total. The monoisotopic (exact) mass is 608 g/mol. The Balaban J connectivity index is 1.41. The largest absolute Gasteiger partial charge is 0.356 e. The van der Waals surface area contributed by atoms with E-state index in [4.69, 9.17) is 6.42 Å². The highest BCUT2D eigenvalue weighted by atomic mass is 32.2. The van der Waals surface area contributed by atoms with Gasteiger partial charge in [-0.25, -0.2) is 4.90 Å². The predicted molar refractivity (Wildman–Crippen MR) is 162 cm³/mol. The average molecular weight is 609 g/mol. The van der Waals surface area contributed by atoms with E-state index >= 15 is 0 Å². The third-order valence-electron chi connectivity index (χ3n) is 7.31. The van der Waals surface area contributed by atoms with Crippen molar-refractivity contribution in [2.45, 2.75) is 107 Å². The van der Waals surface area contributed by atoms with Crippen molar-refractivity contribution >= 4 is 59.0 Å². The molecule has 2 aliphatic rings. The molecule has 0 aromatic heterocycles. The number of rotatable bonds is 20. The molecule has 0 saturated carbocycles. The Morgan fingerprint density at radius 2 is 1.63 bits per heavy atom. The number of likely N-dealkylation sites (tertiary alicyclic amines) is 1. The Kier molecular flexibility index (Phi) is 15.9. The molecule has 0 aliphatic carbocycles. The van der Waals surface area contributed by atoms with E-state index in [-0.39, 0.29) is 64.8 Å². The van der Waals surface area contributed by atoms with Gasteiger partial charge >= 0.3 is 0 Å². The summed E-state index contributed by atoms with van der Waals surface area (Å²) in [6, 6.07) is 2.26.